The molecule has 0 radical (unpaired) electrons. The van der Waals surface area contributed by atoms with Crippen LogP contribution in [0.5, 0.6) is 0 Å². The second-order valence-electron chi connectivity index (χ2n) is 6.87. The minimum atomic E-state index is -1.99. The number of thioether (sulfide) groups is 1. The van der Waals surface area contributed by atoms with Crippen molar-refractivity contribution >= 4 is 40.8 Å². The number of carbonyl (C=O) groups is 3. The van der Waals surface area contributed by atoms with E-state index in [1.807, 2.05) is 0 Å². The molecule has 0 bridgehead atoms. The molecule has 9 heteroatoms. The number of hydrogen-bond acceptors (Lipinski definition) is 6. The highest BCUT2D eigenvalue weighted by molar-refractivity contribution is 7.99. The lowest BCUT2D eigenvalue weighted by molar-refractivity contribution is -0.186. The van der Waals surface area contributed by atoms with Gasteiger partial charge in [0.25, 0.3) is 5.22 Å². The molecule has 0 aliphatic rings. The minimum Gasteiger partial charge on any atom is -0.481 e. The van der Waals surface area contributed by atoms with Crippen LogP contribution in [0.4, 0.5) is 0 Å². The predicted molar refractivity (Wildman–Crippen MR) is 107 cm³/mol. The van der Waals surface area contributed by atoms with Crippen LogP contribution in [0.1, 0.15) is 40.0 Å². The summed E-state index contributed by atoms with van der Waals surface area (Å²) in [4.78, 5) is 41.1. The van der Waals surface area contributed by atoms with E-state index in [1.54, 1.807) is 38.1 Å². The van der Waals surface area contributed by atoms with Gasteiger partial charge in [0.05, 0.1) is 16.7 Å². The number of oxazole rings is 1. The van der Waals surface area contributed by atoms with Crippen LogP contribution < -0.4 is 0 Å². The summed E-state index contributed by atoms with van der Waals surface area (Å²) < 4.78 is 5.59. The molecule has 1 aromatic heterocycles. The van der Waals surface area contributed by atoms with Crippen molar-refractivity contribution in [1.82, 2.24) is 4.98 Å². The molecule has 0 aliphatic carbocycles. The summed E-state index contributed by atoms with van der Waals surface area (Å²) in [5.41, 5.74) is -2.58. The number of aromatic nitrogens is 1. The zero-order valence-corrected chi connectivity index (χ0v) is 17.4. The van der Waals surface area contributed by atoms with Gasteiger partial charge in [-0.05, 0) is 31.4 Å². The zero-order valence-electron chi connectivity index (χ0n) is 16.5. The fraction of sp³-hybridized carbons (Fsp3) is 0.500. The maximum Gasteiger partial charge on any atom is 0.311 e. The third kappa shape index (κ3) is 3.71. The van der Waals surface area contributed by atoms with Gasteiger partial charge >= 0.3 is 17.9 Å². The first-order valence-corrected chi connectivity index (χ1v) is 10.4. The van der Waals surface area contributed by atoms with Crippen LogP contribution in [0.15, 0.2) is 33.9 Å². The van der Waals surface area contributed by atoms with Gasteiger partial charge in [0.1, 0.15) is 5.52 Å². The molecule has 0 aliphatic heterocycles. The van der Waals surface area contributed by atoms with Crippen LogP contribution in [0.25, 0.3) is 11.1 Å². The van der Waals surface area contributed by atoms with Gasteiger partial charge in [-0.15, -0.1) is 0 Å². The van der Waals surface area contributed by atoms with Crippen molar-refractivity contribution in [3.63, 3.8) is 0 Å². The number of hydrogen-bond donors (Lipinski definition) is 3. The SMILES string of the molecule is CCC(CC)(C(=O)O)C(CC)(C(=O)O)C(CSc1nc2ccccc2o1)C(=O)O. The van der Waals surface area contributed by atoms with E-state index in [1.165, 1.54) is 6.92 Å². The van der Waals surface area contributed by atoms with Crippen LogP contribution in [-0.4, -0.2) is 44.0 Å². The van der Waals surface area contributed by atoms with Gasteiger partial charge < -0.3 is 19.7 Å². The molecule has 2 aromatic rings. The quantitative estimate of drug-likeness (QED) is 0.458. The average molecular weight is 423 g/mol. The molecule has 8 nitrogen and oxygen atoms in total. The summed E-state index contributed by atoms with van der Waals surface area (Å²) in [6.07, 6.45) is -0.145. The fourth-order valence-electron chi connectivity index (χ4n) is 4.29. The summed E-state index contributed by atoms with van der Waals surface area (Å²) in [7, 11) is 0. The molecular weight excluding hydrogens is 398 g/mol. The number of benzene rings is 1. The van der Waals surface area contributed by atoms with E-state index < -0.39 is 34.7 Å². The fourth-order valence-corrected chi connectivity index (χ4v) is 5.34. The molecule has 0 spiro atoms. The number of para-hydroxylation sites is 2. The topological polar surface area (TPSA) is 138 Å². The van der Waals surface area contributed by atoms with E-state index in [2.05, 4.69) is 4.98 Å². The molecule has 2 unspecified atom stereocenters. The molecule has 2 rings (SSSR count). The van der Waals surface area contributed by atoms with Crippen molar-refractivity contribution in [2.75, 3.05) is 5.75 Å². The number of rotatable bonds is 11. The second kappa shape index (κ2) is 8.86. The number of aliphatic carboxylic acids is 3. The Balaban J connectivity index is 2.50. The summed E-state index contributed by atoms with van der Waals surface area (Å²) in [5, 5.41) is 30.2. The molecule has 29 heavy (non-hydrogen) atoms. The van der Waals surface area contributed by atoms with Crippen molar-refractivity contribution in [3.05, 3.63) is 24.3 Å². The maximum atomic E-state index is 12.4. The van der Waals surface area contributed by atoms with E-state index in [0.717, 1.165) is 11.8 Å². The molecule has 0 amide bonds. The monoisotopic (exact) mass is 423 g/mol. The minimum absolute atomic E-state index is 0.00366. The first-order chi connectivity index (χ1) is 13.7. The third-order valence-electron chi connectivity index (χ3n) is 5.95. The zero-order chi connectivity index (χ0) is 21.8. The van der Waals surface area contributed by atoms with Crippen molar-refractivity contribution in [1.29, 1.82) is 0 Å². The van der Waals surface area contributed by atoms with E-state index >= 15 is 0 Å². The summed E-state index contributed by atoms with van der Waals surface area (Å²) >= 11 is 0.976. The molecule has 2 atom stereocenters. The van der Waals surface area contributed by atoms with Gasteiger partial charge in [-0.3, -0.25) is 14.4 Å². The molecule has 0 saturated heterocycles. The highest BCUT2D eigenvalue weighted by atomic mass is 32.2. The van der Waals surface area contributed by atoms with Crippen LogP contribution >= 0.6 is 11.8 Å². The lowest BCUT2D eigenvalue weighted by Crippen LogP contribution is -2.58. The smallest absolute Gasteiger partial charge is 0.311 e. The van der Waals surface area contributed by atoms with Crippen LogP contribution in [0.3, 0.4) is 0 Å². The Morgan fingerprint density at radius 1 is 1.03 bits per heavy atom. The Morgan fingerprint density at radius 2 is 1.66 bits per heavy atom. The number of nitrogens with zero attached hydrogens (tertiary/aromatic N) is 1. The molecule has 3 N–H and O–H groups in total. The Labute approximate surface area is 172 Å². The van der Waals surface area contributed by atoms with Crippen molar-refractivity contribution < 1.29 is 34.1 Å². The lowest BCUT2D eigenvalue weighted by Gasteiger charge is -2.47. The molecule has 1 aromatic carbocycles. The standard InChI is InChI=1S/C20H25NO7S/c1-4-19(5-2,16(24)25)20(6-3,17(26)27)12(15(22)23)11-29-18-21-13-9-7-8-10-14(13)28-18/h7-10,12H,4-6,11H2,1-3H3,(H,22,23)(H,24,25)(H,26,27). The molecule has 1 heterocycles. The molecule has 0 saturated carbocycles. The van der Waals surface area contributed by atoms with Crippen molar-refractivity contribution in [2.24, 2.45) is 16.7 Å². The van der Waals surface area contributed by atoms with Crippen LogP contribution in [-0.2, 0) is 14.4 Å². The summed E-state index contributed by atoms with van der Waals surface area (Å²) in [6.45, 7) is 4.69. The first-order valence-electron chi connectivity index (χ1n) is 9.38. The van der Waals surface area contributed by atoms with Gasteiger partial charge in [0.2, 0.25) is 0 Å². The molecular formula is C20H25NO7S. The Morgan fingerprint density at radius 3 is 2.10 bits per heavy atom. The maximum absolute atomic E-state index is 12.4. The van der Waals surface area contributed by atoms with Crippen LogP contribution in [0.2, 0.25) is 0 Å². The predicted octanol–water partition coefficient (Wildman–Crippen LogP) is 3.99. The normalized spacial score (nSPS) is 15.0. The summed E-state index contributed by atoms with van der Waals surface area (Å²) in [5.74, 6) is -5.72. The third-order valence-corrected chi connectivity index (χ3v) is 6.87. The van der Waals surface area contributed by atoms with E-state index in [0.29, 0.717) is 11.1 Å². The van der Waals surface area contributed by atoms with Gasteiger partial charge in [-0.25, -0.2) is 4.98 Å². The number of carboxylic acid groups (broad SMARTS) is 3. The first kappa shape index (κ1) is 22.7. The average Bonchev–Trinajstić information content (AvgIpc) is 3.09. The number of carboxylic acids is 3. The Hall–Kier alpha value is -2.55. The van der Waals surface area contributed by atoms with Gasteiger partial charge in [0.15, 0.2) is 5.58 Å². The largest absolute Gasteiger partial charge is 0.481 e. The number of fused-ring (bicyclic) bond motifs is 1. The van der Waals surface area contributed by atoms with Crippen molar-refractivity contribution in [3.8, 4) is 0 Å². The molecule has 0 fully saturated rings. The lowest BCUT2D eigenvalue weighted by atomic mass is 9.53. The van der Waals surface area contributed by atoms with E-state index in [9.17, 15) is 29.7 Å². The Bertz CT molecular complexity index is 872. The van der Waals surface area contributed by atoms with E-state index in [-0.39, 0.29) is 30.2 Å². The highest BCUT2D eigenvalue weighted by Crippen LogP contribution is 2.54. The summed E-state index contributed by atoms with van der Waals surface area (Å²) in [6, 6.07) is 7.03. The Kier molecular flexibility index (Phi) is 6.94. The van der Waals surface area contributed by atoms with Crippen LogP contribution in [0, 0.1) is 16.7 Å². The van der Waals surface area contributed by atoms with Gasteiger partial charge in [-0.1, -0.05) is 44.7 Å². The van der Waals surface area contributed by atoms with Gasteiger partial charge in [0, 0.05) is 5.75 Å². The highest BCUT2D eigenvalue weighted by Gasteiger charge is 2.64. The van der Waals surface area contributed by atoms with E-state index in [4.69, 9.17) is 4.42 Å². The van der Waals surface area contributed by atoms with Crippen molar-refractivity contribution in [2.45, 2.75) is 45.3 Å². The van der Waals surface area contributed by atoms with Gasteiger partial charge in [-0.2, -0.15) is 0 Å². The second-order valence-corrected chi connectivity index (χ2v) is 7.84. The molecule has 158 valence electrons.